The monoisotopic (exact) mass is 558 g/mol. The Hall–Kier alpha value is -2.53. The maximum Gasteiger partial charge on any atom is 0.241 e. The summed E-state index contributed by atoms with van der Waals surface area (Å²) < 4.78 is 37.8. The van der Waals surface area contributed by atoms with Gasteiger partial charge in [-0.25, -0.2) is 13.1 Å². The summed E-state index contributed by atoms with van der Waals surface area (Å²) in [7, 11) is -1.24. The molecule has 1 amide bonds. The zero-order chi connectivity index (χ0) is 25.8. The first kappa shape index (κ1) is 27.1. The van der Waals surface area contributed by atoms with E-state index >= 15 is 0 Å². The minimum atomic E-state index is -4.04. The van der Waals surface area contributed by atoms with Crippen LogP contribution >= 0.6 is 34.8 Å². The van der Waals surface area contributed by atoms with Crippen LogP contribution in [0.2, 0.25) is 15.1 Å². The second-order valence-electron chi connectivity index (χ2n) is 7.16. The number of hydrogen-bond acceptors (Lipinski definition) is 6. The minimum absolute atomic E-state index is 0.112. The lowest BCUT2D eigenvalue weighted by atomic mass is 9.99. The van der Waals surface area contributed by atoms with E-state index in [9.17, 15) is 18.3 Å². The van der Waals surface area contributed by atoms with E-state index in [-0.39, 0.29) is 37.5 Å². The zero-order valence-electron chi connectivity index (χ0n) is 18.5. The highest BCUT2D eigenvalue weighted by Gasteiger charge is 2.23. The van der Waals surface area contributed by atoms with Crippen molar-refractivity contribution in [2.45, 2.75) is 11.0 Å². The maximum atomic E-state index is 12.7. The lowest BCUT2D eigenvalue weighted by molar-refractivity contribution is -0.115. The first-order valence-electron chi connectivity index (χ1n) is 10.0. The number of hydrogen-bond donors (Lipinski definition) is 3. The molecular weight excluding hydrogens is 539 g/mol. The van der Waals surface area contributed by atoms with Gasteiger partial charge in [0.15, 0.2) is 11.5 Å². The lowest BCUT2D eigenvalue weighted by Crippen LogP contribution is -2.33. The maximum absolute atomic E-state index is 12.7. The van der Waals surface area contributed by atoms with E-state index in [1.807, 2.05) is 0 Å². The molecule has 0 aliphatic heterocycles. The molecule has 3 aromatic rings. The Balaban J connectivity index is 1.79. The SMILES string of the molecule is COc1ccc(S(=O)(=O)NCC(=O)Nc2ccc(Cl)cc2C(O)c2c(Cl)cccc2Cl)cc1OC. The molecule has 0 radical (unpaired) electrons. The molecule has 0 aromatic heterocycles. The van der Waals surface area contributed by atoms with Crippen LogP contribution in [0, 0.1) is 0 Å². The summed E-state index contributed by atoms with van der Waals surface area (Å²) in [6, 6.07) is 13.2. The summed E-state index contributed by atoms with van der Waals surface area (Å²) in [6.07, 6.45) is -1.31. The number of aliphatic hydroxyl groups excluding tert-OH is 1. The van der Waals surface area contributed by atoms with Gasteiger partial charge in [-0.2, -0.15) is 0 Å². The fourth-order valence-electron chi connectivity index (χ4n) is 3.22. The van der Waals surface area contributed by atoms with Crippen LogP contribution < -0.4 is 19.5 Å². The highest BCUT2D eigenvalue weighted by molar-refractivity contribution is 7.89. The van der Waals surface area contributed by atoms with Crippen LogP contribution in [0.1, 0.15) is 17.2 Å². The smallest absolute Gasteiger partial charge is 0.241 e. The number of aliphatic hydroxyl groups is 1. The molecule has 0 saturated heterocycles. The quantitative estimate of drug-likeness (QED) is 0.351. The lowest BCUT2D eigenvalue weighted by Gasteiger charge is -2.19. The average Bonchev–Trinajstić information content (AvgIpc) is 2.83. The van der Waals surface area contributed by atoms with Gasteiger partial charge in [0, 0.05) is 37.9 Å². The molecule has 186 valence electrons. The number of sulfonamides is 1. The highest BCUT2D eigenvalue weighted by Crippen LogP contribution is 2.38. The van der Waals surface area contributed by atoms with Gasteiger partial charge < -0.3 is 19.9 Å². The fourth-order valence-corrected chi connectivity index (χ4v) is 5.00. The molecule has 8 nitrogen and oxygen atoms in total. The van der Waals surface area contributed by atoms with Crippen molar-refractivity contribution in [1.29, 1.82) is 0 Å². The first-order chi connectivity index (χ1) is 16.6. The van der Waals surface area contributed by atoms with Crippen LogP contribution in [0.25, 0.3) is 0 Å². The molecule has 1 atom stereocenters. The van der Waals surface area contributed by atoms with E-state index in [4.69, 9.17) is 44.3 Å². The van der Waals surface area contributed by atoms with E-state index in [1.54, 1.807) is 18.2 Å². The summed E-state index contributed by atoms with van der Waals surface area (Å²) in [6.45, 7) is -0.582. The molecule has 3 N–H and O–H groups in total. The number of benzene rings is 3. The van der Waals surface area contributed by atoms with Gasteiger partial charge in [0.1, 0.15) is 6.10 Å². The van der Waals surface area contributed by atoms with E-state index in [0.717, 1.165) is 0 Å². The van der Waals surface area contributed by atoms with Crippen molar-refractivity contribution in [2.24, 2.45) is 0 Å². The summed E-state index contributed by atoms with van der Waals surface area (Å²) in [5.74, 6) is -0.107. The fraction of sp³-hybridized carbons (Fsp3) is 0.174. The Labute approximate surface area is 217 Å². The number of rotatable bonds is 9. The van der Waals surface area contributed by atoms with Crippen molar-refractivity contribution in [3.8, 4) is 11.5 Å². The molecule has 0 bridgehead atoms. The molecular formula is C23H21Cl3N2O6S. The summed E-state index contributed by atoms with van der Waals surface area (Å²) in [5.41, 5.74) is 0.666. The number of amides is 1. The average molecular weight is 560 g/mol. The number of carbonyl (C=O) groups excluding carboxylic acids is 1. The van der Waals surface area contributed by atoms with Crippen LogP contribution in [0.15, 0.2) is 59.5 Å². The topological polar surface area (TPSA) is 114 Å². The van der Waals surface area contributed by atoms with E-state index < -0.39 is 28.6 Å². The van der Waals surface area contributed by atoms with Crippen molar-refractivity contribution in [2.75, 3.05) is 26.1 Å². The zero-order valence-corrected chi connectivity index (χ0v) is 21.6. The van der Waals surface area contributed by atoms with Crippen LogP contribution in [0.3, 0.4) is 0 Å². The number of carbonyl (C=O) groups is 1. The van der Waals surface area contributed by atoms with Crippen LogP contribution in [-0.2, 0) is 14.8 Å². The molecule has 1 unspecified atom stereocenters. The third-order valence-electron chi connectivity index (χ3n) is 4.94. The van der Waals surface area contributed by atoms with Crippen molar-refractivity contribution < 1.29 is 27.8 Å². The third-order valence-corrected chi connectivity index (χ3v) is 7.24. The minimum Gasteiger partial charge on any atom is -0.493 e. The Morgan fingerprint density at radius 1 is 0.971 bits per heavy atom. The third kappa shape index (κ3) is 6.38. The van der Waals surface area contributed by atoms with Gasteiger partial charge in [-0.05, 0) is 42.5 Å². The van der Waals surface area contributed by atoms with Crippen LogP contribution in [0.5, 0.6) is 11.5 Å². The molecule has 0 aliphatic rings. The van der Waals surface area contributed by atoms with Gasteiger partial charge >= 0.3 is 0 Å². The van der Waals surface area contributed by atoms with Crippen molar-refractivity contribution in [1.82, 2.24) is 4.72 Å². The van der Waals surface area contributed by atoms with Crippen LogP contribution in [-0.4, -0.2) is 40.2 Å². The van der Waals surface area contributed by atoms with Gasteiger partial charge in [-0.15, -0.1) is 0 Å². The molecule has 0 fully saturated rings. The number of anilines is 1. The van der Waals surface area contributed by atoms with E-state index in [2.05, 4.69) is 10.0 Å². The Morgan fingerprint density at radius 3 is 2.26 bits per heavy atom. The molecule has 0 saturated carbocycles. The molecule has 0 aliphatic carbocycles. The van der Waals surface area contributed by atoms with Crippen molar-refractivity contribution in [3.05, 3.63) is 80.8 Å². The van der Waals surface area contributed by atoms with Gasteiger partial charge in [0.2, 0.25) is 15.9 Å². The van der Waals surface area contributed by atoms with Gasteiger partial charge in [0.05, 0.1) is 25.7 Å². The highest BCUT2D eigenvalue weighted by atomic mass is 35.5. The van der Waals surface area contributed by atoms with Crippen LogP contribution in [0.4, 0.5) is 5.69 Å². The molecule has 3 aromatic carbocycles. The first-order valence-corrected chi connectivity index (χ1v) is 12.6. The van der Waals surface area contributed by atoms with E-state index in [0.29, 0.717) is 10.8 Å². The Kier molecular flexibility index (Phi) is 8.87. The number of methoxy groups -OCH3 is 2. The Bertz CT molecular complexity index is 1330. The number of ether oxygens (including phenoxy) is 2. The normalized spacial score (nSPS) is 12.2. The summed E-state index contributed by atoms with van der Waals surface area (Å²) in [5, 5.41) is 14.3. The molecule has 0 heterocycles. The Morgan fingerprint density at radius 2 is 1.63 bits per heavy atom. The molecule has 12 heteroatoms. The summed E-state index contributed by atoms with van der Waals surface area (Å²) in [4.78, 5) is 12.5. The second-order valence-corrected chi connectivity index (χ2v) is 10.2. The van der Waals surface area contributed by atoms with Gasteiger partial charge in [0.25, 0.3) is 0 Å². The molecule has 0 spiro atoms. The van der Waals surface area contributed by atoms with Crippen molar-refractivity contribution >= 4 is 56.4 Å². The van der Waals surface area contributed by atoms with E-state index in [1.165, 1.54) is 50.6 Å². The standard InChI is InChI=1S/C23H21Cl3N2O6S/c1-33-19-9-7-14(11-20(19)34-2)35(31,32)27-12-21(29)28-18-8-6-13(24)10-15(18)23(30)22-16(25)4-3-5-17(22)26/h3-11,23,27,30H,12H2,1-2H3,(H,28,29). The van der Waals surface area contributed by atoms with Gasteiger partial charge in [-0.1, -0.05) is 40.9 Å². The van der Waals surface area contributed by atoms with Gasteiger partial charge in [-0.3, -0.25) is 4.79 Å². The number of nitrogens with one attached hydrogen (secondary N) is 2. The molecule has 3 rings (SSSR count). The number of halogens is 3. The predicted octanol–water partition coefficient (Wildman–Crippen LogP) is 4.66. The molecule has 35 heavy (non-hydrogen) atoms. The summed E-state index contributed by atoms with van der Waals surface area (Å²) >= 11 is 18.5. The largest absolute Gasteiger partial charge is 0.493 e. The predicted molar refractivity (Wildman–Crippen MR) is 135 cm³/mol. The second kappa shape index (κ2) is 11.5. The van der Waals surface area contributed by atoms with Crippen molar-refractivity contribution in [3.63, 3.8) is 0 Å².